The average Bonchev–Trinajstić information content (AvgIpc) is 2.91. The minimum absolute atomic E-state index is 0.105. The molecule has 5 rings (SSSR count). The maximum atomic E-state index is 12.6. The van der Waals surface area contributed by atoms with Gasteiger partial charge in [-0.1, -0.05) is 12.5 Å². The number of ether oxygens (including phenoxy) is 2. The molecule has 0 aromatic carbocycles. The summed E-state index contributed by atoms with van der Waals surface area (Å²) in [4.78, 5) is 25.1. The number of aliphatic hydroxyl groups excluding tert-OH is 5. The van der Waals surface area contributed by atoms with Crippen molar-refractivity contribution < 1.29 is 49.7 Å². The van der Waals surface area contributed by atoms with Gasteiger partial charge in [0.2, 0.25) is 0 Å². The van der Waals surface area contributed by atoms with Gasteiger partial charge < -0.3 is 40.1 Å². The minimum atomic E-state index is -2.51. The Labute approximate surface area is 171 Å². The summed E-state index contributed by atoms with van der Waals surface area (Å²) in [6, 6.07) is 0. The van der Waals surface area contributed by atoms with E-state index in [0.717, 1.165) is 0 Å². The van der Waals surface area contributed by atoms with Gasteiger partial charge in [0.15, 0.2) is 17.5 Å². The molecule has 6 N–H and O–H groups in total. The lowest BCUT2D eigenvalue weighted by molar-refractivity contribution is -0.357. The van der Waals surface area contributed by atoms with Crippen LogP contribution in [0.25, 0.3) is 0 Å². The lowest BCUT2D eigenvalue weighted by Crippen LogP contribution is -2.87. The molecule has 2 heterocycles. The fourth-order valence-electron chi connectivity index (χ4n) is 7.64. The Kier molecular flexibility index (Phi) is 3.89. The molecule has 0 amide bonds. The maximum absolute atomic E-state index is 12.6. The van der Waals surface area contributed by atoms with E-state index in [1.165, 1.54) is 6.08 Å². The number of fused-ring (bicyclic) bond motifs is 2. The fraction of sp³-hybridized carbons (Fsp3) is 0.800. The maximum Gasteiger partial charge on any atom is 0.338 e. The van der Waals surface area contributed by atoms with Gasteiger partial charge in [-0.3, -0.25) is 4.79 Å². The van der Waals surface area contributed by atoms with Gasteiger partial charge in [0.25, 0.3) is 0 Å². The van der Waals surface area contributed by atoms with Crippen LogP contribution < -0.4 is 0 Å². The van der Waals surface area contributed by atoms with Crippen LogP contribution in [0.1, 0.15) is 20.3 Å². The molecular formula is C20H26O10. The molecule has 166 valence electrons. The van der Waals surface area contributed by atoms with Crippen LogP contribution in [0.2, 0.25) is 0 Å². The highest BCUT2D eigenvalue weighted by Gasteiger charge is 2.89. The fourth-order valence-corrected chi connectivity index (χ4v) is 7.64. The first kappa shape index (κ1) is 20.5. The standard InChI is InChI=1S/C20H26O10/c1-7-3-9(22)13(24)17(2)8(7)4-10-18-6-29-19(5-21,14(25)11(23)12(17)18)20(18,28)15(26)16(27)30-10/h3,8,10-15,21,23-26,28H,4-6H2,1-2H3/t8-,10+,11+,12+,13+,14-,15-,17-,18+,19+,20-/m0/s1. The van der Waals surface area contributed by atoms with Crippen LogP contribution in [0.5, 0.6) is 0 Å². The van der Waals surface area contributed by atoms with Gasteiger partial charge in [0.05, 0.1) is 24.7 Å². The number of ketones is 1. The van der Waals surface area contributed by atoms with Gasteiger partial charge in [-0.2, -0.15) is 0 Å². The van der Waals surface area contributed by atoms with Crippen LogP contribution >= 0.6 is 0 Å². The molecule has 2 aliphatic heterocycles. The lowest BCUT2D eigenvalue weighted by Gasteiger charge is -2.70. The van der Waals surface area contributed by atoms with Gasteiger partial charge in [-0.25, -0.2) is 4.79 Å². The van der Waals surface area contributed by atoms with Gasteiger partial charge >= 0.3 is 5.97 Å². The number of hydrogen-bond acceptors (Lipinski definition) is 10. The number of hydrogen-bond donors (Lipinski definition) is 6. The van der Waals surface area contributed by atoms with Crippen molar-refractivity contribution in [3.05, 3.63) is 11.6 Å². The van der Waals surface area contributed by atoms with E-state index in [0.29, 0.717) is 5.57 Å². The predicted octanol–water partition coefficient (Wildman–Crippen LogP) is -2.98. The molecule has 0 aromatic heterocycles. The Hall–Kier alpha value is -1.40. The number of carbonyl (C=O) groups excluding carboxylic acids is 2. The normalized spacial score (nSPS) is 59.2. The van der Waals surface area contributed by atoms with Crippen LogP contribution in [0, 0.1) is 22.7 Å². The summed E-state index contributed by atoms with van der Waals surface area (Å²) in [7, 11) is 0. The Balaban J connectivity index is 1.83. The SMILES string of the molecule is CC1=CC(=O)[C@@H](O)[C@]2(C)[C@H]3[C@@H](O)[C@H](O)[C@@]4(CO)OC[C@@]35[C@@H](C[C@@H]12)OC(=O)[C@H](O)[C@]54O. The predicted molar refractivity (Wildman–Crippen MR) is 95.5 cm³/mol. The molecular weight excluding hydrogens is 400 g/mol. The summed E-state index contributed by atoms with van der Waals surface area (Å²) in [5.74, 6) is -3.40. The van der Waals surface area contributed by atoms with E-state index in [9.17, 15) is 40.2 Å². The van der Waals surface area contributed by atoms with Gasteiger partial charge in [0.1, 0.15) is 23.9 Å². The van der Waals surface area contributed by atoms with Crippen LogP contribution in [0.4, 0.5) is 0 Å². The van der Waals surface area contributed by atoms with Crippen molar-refractivity contribution >= 4 is 11.8 Å². The van der Waals surface area contributed by atoms with Crippen molar-refractivity contribution in [3.8, 4) is 0 Å². The van der Waals surface area contributed by atoms with Crippen molar-refractivity contribution in [2.75, 3.05) is 13.2 Å². The first-order chi connectivity index (χ1) is 13.9. The highest BCUT2D eigenvalue weighted by Crippen LogP contribution is 2.73. The smallest absolute Gasteiger partial charge is 0.338 e. The number of rotatable bonds is 1. The zero-order valence-electron chi connectivity index (χ0n) is 16.6. The van der Waals surface area contributed by atoms with E-state index >= 15 is 0 Å². The van der Waals surface area contributed by atoms with E-state index in [1.54, 1.807) is 13.8 Å². The zero-order chi connectivity index (χ0) is 22.0. The monoisotopic (exact) mass is 426 g/mol. The summed E-state index contributed by atoms with van der Waals surface area (Å²) in [6.45, 7) is 1.96. The van der Waals surface area contributed by atoms with Crippen LogP contribution in [-0.4, -0.2) is 97.3 Å². The molecule has 2 bridgehead atoms. The van der Waals surface area contributed by atoms with Crippen molar-refractivity contribution in [2.45, 2.75) is 62.0 Å². The van der Waals surface area contributed by atoms with E-state index in [2.05, 4.69) is 0 Å². The third-order valence-corrected chi connectivity index (χ3v) is 8.96. The van der Waals surface area contributed by atoms with Crippen molar-refractivity contribution in [2.24, 2.45) is 22.7 Å². The van der Waals surface area contributed by atoms with E-state index in [-0.39, 0.29) is 13.0 Å². The van der Waals surface area contributed by atoms with Gasteiger partial charge in [-0.05, 0) is 25.3 Å². The molecule has 2 saturated carbocycles. The van der Waals surface area contributed by atoms with E-state index < -0.39 is 82.7 Å². The molecule has 4 fully saturated rings. The largest absolute Gasteiger partial charge is 0.460 e. The summed E-state index contributed by atoms with van der Waals surface area (Å²) in [6.07, 6.45) is -6.90. The number of allylic oxidation sites excluding steroid dienone is 1. The average molecular weight is 426 g/mol. The molecule has 10 nitrogen and oxygen atoms in total. The summed E-state index contributed by atoms with van der Waals surface area (Å²) in [5, 5.41) is 66.0. The summed E-state index contributed by atoms with van der Waals surface area (Å²) < 4.78 is 11.2. The van der Waals surface area contributed by atoms with Crippen LogP contribution in [0.15, 0.2) is 11.6 Å². The van der Waals surface area contributed by atoms with E-state index in [4.69, 9.17) is 9.47 Å². The van der Waals surface area contributed by atoms with Gasteiger partial charge in [0, 0.05) is 11.3 Å². The second-order valence-corrected chi connectivity index (χ2v) is 9.73. The first-order valence-corrected chi connectivity index (χ1v) is 10.1. The molecule has 0 aromatic rings. The quantitative estimate of drug-likeness (QED) is 0.237. The number of aliphatic hydroxyl groups is 6. The molecule has 10 heteroatoms. The Morgan fingerprint density at radius 1 is 1.17 bits per heavy atom. The molecule has 1 spiro atoms. The summed E-state index contributed by atoms with van der Waals surface area (Å²) in [5.41, 5.74) is -7.15. The minimum Gasteiger partial charge on any atom is -0.460 e. The summed E-state index contributed by atoms with van der Waals surface area (Å²) >= 11 is 0. The second-order valence-electron chi connectivity index (χ2n) is 9.73. The number of esters is 1. The van der Waals surface area contributed by atoms with Crippen molar-refractivity contribution in [3.63, 3.8) is 0 Å². The number of carbonyl (C=O) groups is 2. The van der Waals surface area contributed by atoms with Gasteiger partial charge in [-0.15, -0.1) is 0 Å². The Bertz CT molecular complexity index is 872. The highest BCUT2D eigenvalue weighted by molar-refractivity contribution is 5.96. The highest BCUT2D eigenvalue weighted by atomic mass is 16.6. The van der Waals surface area contributed by atoms with Crippen molar-refractivity contribution in [1.29, 1.82) is 0 Å². The molecule has 0 radical (unpaired) electrons. The zero-order valence-corrected chi connectivity index (χ0v) is 16.6. The lowest BCUT2D eigenvalue weighted by atomic mass is 9.36. The first-order valence-electron chi connectivity index (χ1n) is 10.1. The third kappa shape index (κ3) is 1.72. The van der Waals surface area contributed by atoms with Crippen LogP contribution in [-0.2, 0) is 19.1 Å². The third-order valence-electron chi connectivity index (χ3n) is 8.96. The molecule has 30 heavy (non-hydrogen) atoms. The second kappa shape index (κ2) is 5.69. The van der Waals surface area contributed by atoms with Crippen LogP contribution in [0.3, 0.4) is 0 Å². The molecule has 0 unspecified atom stereocenters. The molecule has 3 aliphatic carbocycles. The van der Waals surface area contributed by atoms with Crippen molar-refractivity contribution in [1.82, 2.24) is 0 Å². The Morgan fingerprint density at radius 2 is 1.83 bits per heavy atom. The molecule has 11 atom stereocenters. The topological polar surface area (TPSA) is 174 Å². The van der Waals surface area contributed by atoms with E-state index in [1.807, 2.05) is 0 Å². The molecule has 5 aliphatic rings. The Morgan fingerprint density at radius 3 is 2.47 bits per heavy atom. The molecule has 2 saturated heterocycles.